The van der Waals surface area contributed by atoms with Crippen molar-refractivity contribution in [1.29, 1.82) is 0 Å². The van der Waals surface area contributed by atoms with Crippen LogP contribution < -0.4 is 15.2 Å². The lowest BCUT2D eigenvalue weighted by molar-refractivity contribution is 0.273. The van der Waals surface area contributed by atoms with Crippen LogP contribution in [0.5, 0.6) is 11.5 Å². The number of hydrogen-bond acceptors (Lipinski definition) is 3. The molecule has 0 saturated heterocycles. The van der Waals surface area contributed by atoms with Gasteiger partial charge in [0.2, 0.25) is 0 Å². The second-order valence-corrected chi connectivity index (χ2v) is 4.39. The second kappa shape index (κ2) is 4.64. The number of rotatable bonds is 5. The Morgan fingerprint density at radius 1 is 1.31 bits per heavy atom. The molecule has 1 aromatic carbocycles. The minimum atomic E-state index is 0.707. The van der Waals surface area contributed by atoms with Crippen molar-refractivity contribution in [3.8, 4) is 11.5 Å². The van der Waals surface area contributed by atoms with Crippen LogP contribution in [0, 0.1) is 11.8 Å². The molecule has 3 nitrogen and oxygen atoms in total. The van der Waals surface area contributed by atoms with Crippen molar-refractivity contribution in [3.63, 3.8) is 0 Å². The summed E-state index contributed by atoms with van der Waals surface area (Å²) in [5.74, 6) is 3.08. The third-order valence-corrected chi connectivity index (χ3v) is 3.23. The molecule has 16 heavy (non-hydrogen) atoms. The molecule has 1 fully saturated rings. The summed E-state index contributed by atoms with van der Waals surface area (Å²) in [7, 11) is 1.64. The Morgan fingerprint density at radius 3 is 2.75 bits per heavy atom. The van der Waals surface area contributed by atoms with Gasteiger partial charge in [0.05, 0.1) is 13.7 Å². The highest BCUT2D eigenvalue weighted by Crippen LogP contribution is 2.41. The third kappa shape index (κ3) is 2.40. The monoisotopic (exact) mass is 221 g/mol. The molecule has 0 aromatic heterocycles. The van der Waals surface area contributed by atoms with Crippen molar-refractivity contribution in [2.75, 3.05) is 19.5 Å². The van der Waals surface area contributed by atoms with Gasteiger partial charge in [-0.1, -0.05) is 13.3 Å². The molecular weight excluding hydrogens is 202 g/mol. The Hall–Kier alpha value is -1.38. The molecule has 0 spiro atoms. The summed E-state index contributed by atoms with van der Waals surface area (Å²) in [5.41, 5.74) is 6.43. The van der Waals surface area contributed by atoms with Crippen molar-refractivity contribution in [1.82, 2.24) is 0 Å². The fourth-order valence-corrected chi connectivity index (χ4v) is 2.02. The van der Waals surface area contributed by atoms with E-state index >= 15 is 0 Å². The highest BCUT2D eigenvalue weighted by molar-refractivity contribution is 5.51. The van der Waals surface area contributed by atoms with Gasteiger partial charge in [0.1, 0.15) is 0 Å². The van der Waals surface area contributed by atoms with Gasteiger partial charge in [-0.25, -0.2) is 0 Å². The molecule has 1 aliphatic rings. The van der Waals surface area contributed by atoms with Gasteiger partial charge < -0.3 is 15.2 Å². The van der Waals surface area contributed by atoms with E-state index in [1.54, 1.807) is 7.11 Å². The van der Waals surface area contributed by atoms with Crippen LogP contribution in [0.3, 0.4) is 0 Å². The fraction of sp³-hybridized carbons (Fsp3) is 0.538. The van der Waals surface area contributed by atoms with E-state index in [2.05, 4.69) is 6.92 Å². The molecule has 88 valence electrons. The van der Waals surface area contributed by atoms with E-state index in [-0.39, 0.29) is 0 Å². The first-order valence-electron chi connectivity index (χ1n) is 5.81. The summed E-state index contributed by atoms with van der Waals surface area (Å²) in [6.07, 6.45) is 2.54. The van der Waals surface area contributed by atoms with Crippen LogP contribution in [0.25, 0.3) is 0 Å². The Bertz CT molecular complexity index is 365. The van der Waals surface area contributed by atoms with Crippen LogP contribution in [-0.2, 0) is 0 Å². The summed E-state index contributed by atoms with van der Waals surface area (Å²) in [6, 6.07) is 5.48. The Balaban J connectivity index is 1.95. The molecule has 2 atom stereocenters. The smallest absolute Gasteiger partial charge is 0.163 e. The molecule has 2 unspecified atom stereocenters. The summed E-state index contributed by atoms with van der Waals surface area (Å²) >= 11 is 0. The maximum Gasteiger partial charge on any atom is 0.163 e. The van der Waals surface area contributed by atoms with Gasteiger partial charge in [-0.2, -0.15) is 0 Å². The van der Waals surface area contributed by atoms with Crippen LogP contribution in [0.1, 0.15) is 19.8 Å². The standard InChI is InChI=1S/C13H19NO2/c1-3-9-6-10(9)8-16-13-7-11(14)4-5-12(13)15-2/h4-5,7,9-10H,3,6,8,14H2,1-2H3. The molecule has 0 bridgehead atoms. The van der Waals surface area contributed by atoms with Crippen LogP contribution in [0.2, 0.25) is 0 Å². The van der Waals surface area contributed by atoms with E-state index in [0.717, 1.165) is 29.9 Å². The quantitative estimate of drug-likeness (QED) is 0.777. The van der Waals surface area contributed by atoms with E-state index in [1.807, 2.05) is 18.2 Å². The molecule has 0 heterocycles. The molecular formula is C13H19NO2. The second-order valence-electron chi connectivity index (χ2n) is 4.39. The Kier molecular flexibility index (Phi) is 3.22. The number of anilines is 1. The first-order valence-corrected chi connectivity index (χ1v) is 5.81. The van der Waals surface area contributed by atoms with E-state index in [4.69, 9.17) is 15.2 Å². The molecule has 1 saturated carbocycles. The fourth-order valence-electron chi connectivity index (χ4n) is 2.02. The third-order valence-electron chi connectivity index (χ3n) is 3.23. The summed E-state index contributed by atoms with van der Waals surface area (Å²) < 4.78 is 11.0. The van der Waals surface area contributed by atoms with Crippen LogP contribution in [0.4, 0.5) is 5.69 Å². The number of nitrogens with two attached hydrogens (primary N) is 1. The lowest BCUT2D eigenvalue weighted by Gasteiger charge is -2.11. The highest BCUT2D eigenvalue weighted by Gasteiger charge is 2.35. The maximum absolute atomic E-state index is 5.76. The van der Waals surface area contributed by atoms with Crippen molar-refractivity contribution < 1.29 is 9.47 Å². The number of methoxy groups -OCH3 is 1. The van der Waals surface area contributed by atoms with Gasteiger partial charge in [-0.05, 0) is 30.4 Å². The zero-order valence-corrected chi connectivity index (χ0v) is 9.90. The van der Waals surface area contributed by atoms with E-state index in [1.165, 1.54) is 12.8 Å². The number of ether oxygens (including phenoxy) is 2. The van der Waals surface area contributed by atoms with Crippen molar-refractivity contribution in [2.24, 2.45) is 11.8 Å². The molecule has 0 amide bonds. The summed E-state index contributed by atoms with van der Waals surface area (Å²) in [6.45, 7) is 3.00. The highest BCUT2D eigenvalue weighted by atomic mass is 16.5. The lowest BCUT2D eigenvalue weighted by Crippen LogP contribution is -2.03. The maximum atomic E-state index is 5.76. The lowest BCUT2D eigenvalue weighted by atomic mass is 10.2. The zero-order chi connectivity index (χ0) is 11.5. The van der Waals surface area contributed by atoms with Crippen molar-refractivity contribution >= 4 is 5.69 Å². The molecule has 0 radical (unpaired) electrons. The normalized spacial score (nSPS) is 22.9. The van der Waals surface area contributed by atoms with Crippen LogP contribution >= 0.6 is 0 Å². The molecule has 3 heteroatoms. The Morgan fingerprint density at radius 2 is 2.12 bits per heavy atom. The Labute approximate surface area is 96.5 Å². The zero-order valence-electron chi connectivity index (χ0n) is 9.90. The van der Waals surface area contributed by atoms with Gasteiger partial charge in [0.15, 0.2) is 11.5 Å². The van der Waals surface area contributed by atoms with E-state index < -0.39 is 0 Å². The minimum Gasteiger partial charge on any atom is -0.493 e. The van der Waals surface area contributed by atoms with Gasteiger partial charge in [0, 0.05) is 11.8 Å². The first-order chi connectivity index (χ1) is 7.74. The number of benzene rings is 1. The van der Waals surface area contributed by atoms with Gasteiger partial charge in [-0.15, -0.1) is 0 Å². The molecule has 1 aliphatic carbocycles. The molecule has 2 rings (SSSR count). The molecule has 0 aliphatic heterocycles. The van der Waals surface area contributed by atoms with Crippen LogP contribution in [-0.4, -0.2) is 13.7 Å². The largest absolute Gasteiger partial charge is 0.493 e. The minimum absolute atomic E-state index is 0.707. The van der Waals surface area contributed by atoms with Crippen LogP contribution in [0.15, 0.2) is 18.2 Å². The summed E-state index contributed by atoms with van der Waals surface area (Å²) in [5, 5.41) is 0. The van der Waals surface area contributed by atoms with Crippen molar-refractivity contribution in [3.05, 3.63) is 18.2 Å². The van der Waals surface area contributed by atoms with E-state index in [9.17, 15) is 0 Å². The predicted molar refractivity (Wildman–Crippen MR) is 64.8 cm³/mol. The van der Waals surface area contributed by atoms with Gasteiger partial charge in [0.25, 0.3) is 0 Å². The first kappa shape index (κ1) is 11.1. The van der Waals surface area contributed by atoms with Crippen molar-refractivity contribution in [2.45, 2.75) is 19.8 Å². The topological polar surface area (TPSA) is 44.5 Å². The number of hydrogen-bond donors (Lipinski definition) is 1. The average molecular weight is 221 g/mol. The summed E-state index contributed by atoms with van der Waals surface area (Å²) in [4.78, 5) is 0. The SMILES string of the molecule is CCC1CC1COc1cc(N)ccc1OC. The van der Waals surface area contributed by atoms with Gasteiger partial charge >= 0.3 is 0 Å². The predicted octanol–water partition coefficient (Wildman–Crippen LogP) is 2.70. The molecule has 1 aromatic rings. The molecule has 2 N–H and O–H groups in total. The number of nitrogen functional groups attached to an aromatic ring is 1. The van der Waals surface area contributed by atoms with Gasteiger partial charge in [-0.3, -0.25) is 0 Å². The van der Waals surface area contributed by atoms with E-state index in [0.29, 0.717) is 5.69 Å². The average Bonchev–Trinajstić information content (AvgIpc) is 3.05.